The van der Waals surface area contributed by atoms with E-state index < -0.39 is 5.41 Å². The van der Waals surface area contributed by atoms with Gasteiger partial charge in [-0.15, -0.1) is 0 Å². The molecule has 2 rings (SSSR count). The standard InChI is InChI=1S/C13H12N2O2/c1-9(16)10-2-4-11(5-3-10)15-12(17)13(8-14)6-7-13/h2-5H,6-7H2,1H3,(H,15,17). The zero-order chi connectivity index (χ0) is 12.5. The summed E-state index contributed by atoms with van der Waals surface area (Å²) in [5.74, 6) is -0.269. The van der Waals surface area contributed by atoms with Gasteiger partial charge in [-0.05, 0) is 44.0 Å². The minimum Gasteiger partial charge on any atom is -0.325 e. The third kappa shape index (κ3) is 2.18. The zero-order valence-electron chi connectivity index (χ0n) is 9.49. The molecule has 1 aliphatic carbocycles. The summed E-state index contributed by atoms with van der Waals surface area (Å²) >= 11 is 0. The predicted molar refractivity (Wildman–Crippen MR) is 62.4 cm³/mol. The Morgan fingerprint density at radius 1 is 1.29 bits per heavy atom. The molecule has 0 aromatic heterocycles. The van der Waals surface area contributed by atoms with Gasteiger partial charge in [0.25, 0.3) is 0 Å². The number of nitrogens with zero attached hydrogens (tertiary/aromatic N) is 1. The van der Waals surface area contributed by atoms with Gasteiger partial charge in [0.2, 0.25) is 5.91 Å². The highest BCUT2D eigenvalue weighted by molar-refractivity contribution is 6.00. The van der Waals surface area contributed by atoms with Crippen LogP contribution in [0.5, 0.6) is 0 Å². The van der Waals surface area contributed by atoms with Gasteiger partial charge in [0.15, 0.2) is 5.78 Å². The van der Waals surface area contributed by atoms with Crippen molar-refractivity contribution in [3.63, 3.8) is 0 Å². The van der Waals surface area contributed by atoms with Crippen molar-refractivity contribution in [2.75, 3.05) is 5.32 Å². The Kier molecular flexibility index (Phi) is 2.68. The first-order valence-corrected chi connectivity index (χ1v) is 5.41. The molecule has 1 saturated carbocycles. The molecule has 0 heterocycles. The van der Waals surface area contributed by atoms with Crippen LogP contribution in [0, 0.1) is 16.7 Å². The number of hydrogen-bond acceptors (Lipinski definition) is 3. The predicted octanol–water partition coefficient (Wildman–Crippen LogP) is 2.13. The Hall–Kier alpha value is -2.15. The second-order valence-electron chi connectivity index (χ2n) is 4.28. The summed E-state index contributed by atoms with van der Waals surface area (Å²) in [6.07, 6.45) is 1.25. The molecule has 86 valence electrons. The van der Waals surface area contributed by atoms with Crippen molar-refractivity contribution in [3.8, 4) is 6.07 Å². The third-order valence-electron chi connectivity index (χ3n) is 2.95. The van der Waals surface area contributed by atoms with E-state index in [2.05, 4.69) is 5.32 Å². The Morgan fingerprint density at radius 3 is 2.29 bits per heavy atom. The molecule has 0 bridgehead atoms. The Balaban J connectivity index is 2.08. The quantitative estimate of drug-likeness (QED) is 0.805. The summed E-state index contributed by atoms with van der Waals surface area (Å²) in [6.45, 7) is 1.49. The number of ketones is 1. The highest BCUT2D eigenvalue weighted by Gasteiger charge is 2.50. The van der Waals surface area contributed by atoms with E-state index in [-0.39, 0.29) is 11.7 Å². The molecule has 4 nitrogen and oxygen atoms in total. The maximum absolute atomic E-state index is 11.7. The van der Waals surface area contributed by atoms with Crippen LogP contribution in [-0.2, 0) is 4.79 Å². The smallest absolute Gasteiger partial charge is 0.244 e. The van der Waals surface area contributed by atoms with Crippen LogP contribution in [0.15, 0.2) is 24.3 Å². The largest absolute Gasteiger partial charge is 0.325 e. The summed E-state index contributed by atoms with van der Waals surface area (Å²) in [4.78, 5) is 22.8. The molecule has 1 fully saturated rings. The lowest BCUT2D eigenvalue weighted by Crippen LogP contribution is -2.22. The molecule has 0 unspecified atom stereocenters. The molecule has 0 spiro atoms. The molecular weight excluding hydrogens is 216 g/mol. The number of nitrogens with one attached hydrogen (secondary N) is 1. The van der Waals surface area contributed by atoms with E-state index in [1.807, 2.05) is 6.07 Å². The molecule has 0 aliphatic heterocycles. The average molecular weight is 228 g/mol. The van der Waals surface area contributed by atoms with Gasteiger partial charge in [-0.1, -0.05) is 0 Å². The van der Waals surface area contributed by atoms with Crippen molar-refractivity contribution in [2.45, 2.75) is 19.8 Å². The van der Waals surface area contributed by atoms with Crippen molar-refractivity contribution in [3.05, 3.63) is 29.8 Å². The van der Waals surface area contributed by atoms with Gasteiger partial charge in [0.05, 0.1) is 6.07 Å². The number of benzene rings is 1. The van der Waals surface area contributed by atoms with E-state index >= 15 is 0 Å². The summed E-state index contributed by atoms with van der Waals surface area (Å²) in [7, 11) is 0. The monoisotopic (exact) mass is 228 g/mol. The van der Waals surface area contributed by atoms with Gasteiger partial charge in [-0.25, -0.2) is 0 Å². The van der Waals surface area contributed by atoms with Gasteiger partial charge < -0.3 is 5.32 Å². The van der Waals surface area contributed by atoms with Crippen molar-refractivity contribution in [1.29, 1.82) is 5.26 Å². The van der Waals surface area contributed by atoms with Crippen LogP contribution < -0.4 is 5.32 Å². The second kappa shape index (κ2) is 4.02. The average Bonchev–Trinajstić information content (AvgIpc) is 3.10. The first-order valence-electron chi connectivity index (χ1n) is 5.41. The number of Topliss-reactive ketones (excluding diaryl/α,β-unsaturated/α-hetero) is 1. The lowest BCUT2D eigenvalue weighted by Gasteiger charge is -2.08. The molecule has 0 atom stereocenters. The van der Waals surface area contributed by atoms with Gasteiger partial charge in [-0.2, -0.15) is 5.26 Å². The number of nitriles is 1. The molecule has 1 N–H and O–H groups in total. The van der Waals surface area contributed by atoms with Crippen LogP contribution in [0.1, 0.15) is 30.1 Å². The fourth-order valence-corrected chi connectivity index (χ4v) is 1.55. The van der Waals surface area contributed by atoms with E-state index in [4.69, 9.17) is 5.26 Å². The highest BCUT2D eigenvalue weighted by atomic mass is 16.2. The molecular formula is C13H12N2O2. The van der Waals surface area contributed by atoms with Crippen molar-refractivity contribution in [2.24, 2.45) is 5.41 Å². The second-order valence-corrected chi connectivity index (χ2v) is 4.28. The fourth-order valence-electron chi connectivity index (χ4n) is 1.55. The highest BCUT2D eigenvalue weighted by Crippen LogP contribution is 2.45. The Morgan fingerprint density at radius 2 is 1.88 bits per heavy atom. The summed E-state index contributed by atoms with van der Waals surface area (Å²) < 4.78 is 0. The maximum atomic E-state index is 11.7. The minimum atomic E-state index is -0.820. The van der Waals surface area contributed by atoms with Crippen LogP contribution in [0.2, 0.25) is 0 Å². The number of anilines is 1. The Bertz CT molecular complexity index is 507. The topological polar surface area (TPSA) is 70.0 Å². The van der Waals surface area contributed by atoms with Gasteiger partial charge in [0, 0.05) is 11.3 Å². The lowest BCUT2D eigenvalue weighted by molar-refractivity contribution is -0.119. The number of carbonyl (C=O) groups excluding carboxylic acids is 2. The molecule has 1 amide bonds. The van der Waals surface area contributed by atoms with Gasteiger partial charge >= 0.3 is 0 Å². The van der Waals surface area contributed by atoms with E-state index in [0.29, 0.717) is 24.1 Å². The molecule has 0 radical (unpaired) electrons. The van der Waals surface area contributed by atoms with Crippen LogP contribution in [0.3, 0.4) is 0 Å². The van der Waals surface area contributed by atoms with E-state index in [9.17, 15) is 9.59 Å². The molecule has 1 aliphatic rings. The van der Waals surface area contributed by atoms with Crippen molar-refractivity contribution < 1.29 is 9.59 Å². The number of carbonyl (C=O) groups is 2. The van der Waals surface area contributed by atoms with E-state index in [1.54, 1.807) is 24.3 Å². The molecule has 0 saturated heterocycles. The third-order valence-corrected chi connectivity index (χ3v) is 2.95. The maximum Gasteiger partial charge on any atom is 0.244 e. The van der Waals surface area contributed by atoms with Crippen LogP contribution in [0.4, 0.5) is 5.69 Å². The summed E-state index contributed by atoms with van der Waals surface area (Å²) in [5, 5.41) is 11.6. The zero-order valence-corrected chi connectivity index (χ0v) is 9.49. The van der Waals surface area contributed by atoms with Gasteiger partial charge in [0.1, 0.15) is 5.41 Å². The van der Waals surface area contributed by atoms with Crippen LogP contribution in [-0.4, -0.2) is 11.7 Å². The van der Waals surface area contributed by atoms with Crippen molar-refractivity contribution >= 4 is 17.4 Å². The minimum absolute atomic E-state index is 0.0152. The lowest BCUT2D eigenvalue weighted by atomic mass is 10.1. The summed E-state index contributed by atoms with van der Waals surface area (Å²) in [5.41, 5.74) is 0.394. The van der Waals surface area contributed by atoms with E-state index in [1.165, 1.54) is 6.92 Å². The van der Waals surface area contributed by atoms with Crippen LogP contribution >= 0.6 is 0 Å². The number of hydrogen-bond donors (Lipinski definition) is 1. The normalized spacial score (nSPS) is 15.8. The fraction of sp³-hybridized carbons (Fsp3) is 0.308. The Labute approximate surface area is 99.2 Å². The van der Waals surface area contributed by atoms with Crippen molar-refractivity contribution in [1.82, 2.24) is 0 Å². The number of amides is 1. The number of rotatable bonds is 3. The first-order chi connectivity index (χ1) is 8.07. The van der Waals surface area contributed by atoms with E-state index in [0.717, 1.165) is 0 Å². The molecule has 1 aromatic carbocycles. The molecule has 1 aromatic rings. The molecule has 4 heteroatoms. The summed E-state index contributed by atoms with van der Waals surface area (Å²) in [6, 6.07) is 8.69. The SMILES string of the molecule is CC(=O)c1ccc(NC(=O)C2(C#N)CC2)cc1. The van der Waals surface area contributed by atoms with Gasteiger partial charge in [-0.3, -0.25) is 9.59 Å². The first kappa shape index (κ1) is 11.3. The van der Waals surface area contributed by atoms with Crippen LogP contribution in [0.25, 0.3) is 0 Å². The molecule has 17 heavy (non-hydrogen) atoms.